The van der Waals surface area contributed by atoms with Crippen LogP contribution in [-0.4, -0.2) is 6.02 Å². The third kappa shape index (κ3) is 4.34. The third-order valence-corrected chi connectivity index (χ3v) is 3.31. The first-order valence-corrected chi connectivity index (χ1v) is 7.45. The van der Waals surface area contributed by atoms with Gasteiger partial charge in [0.15, 0.2) is 0 Å². The van der Waals surface area contributed by atoms with E-state index in [-0.39, 0.29) is 11.4 Å². The molecule has 2 aromatic rings. The molecule has 1 N–H and O–H groups in total. The molecule has 0 spiro atoms. The average Bonchev–Trinajstić information content (AvgIpc) is 2.55. The maximum Gasteiger partial charge on any atom is 0.310 e. The molecule has 0 fully saturated rings. The summed E-state index contributed by atoms with van der Waals surface area (Å²) in [4.78, 5) is 3.70. The Bertz CT molecular complexity index is 821. The SMILES string of the molecule is CC(C)(C)c1ccc(C#N)cc1N/C(=N/C#N)Oc1ccccc1. The molecule has 0 unspecified atom stereocenters. The number of hydrogen-bond acceptors (Lipinski definition) is 4. The maximum absolute atomic E-state index is 9.14. The van der Waals surface area contributed by atoms with Crippen LogP contribution >= 0.6 is 0 Å². The van der Waals surface area contributed by atoms with Crippen molar-refractivity contribution in [3.8, 4) is 18.0 Å². The van der Waals surface area contributed by atoms with Crippen LogP contribution in [0.3, 0.4) is 0 Å². The molecule has 0 aromatic heterocycles. The highest BCUT2D eigenvalue weighted by atomic mass is 16.5. The highest BCUT2D eigenvalue weighted by Gasteiger charge is 2.19. The van der Waals surface area contributed by atoms with Gasteiger partial charge in [0.2, 0.25) is 6.19 Å². The number of nitrogens with one attached hydrogen (secondary N) is 1. The number of anilines is 1. The second-order valence-electron chi connectivity index (χ2n) is 6.18. The molecule has 0 aliphatic carbocycles. The zero-order valence-electron chi connectivity index (χ0n) is 13.9. The van der Waals surface area contributed by atoms with Crippen LogP contribution < -0.4 is 10.1 Å². The standard InChI is InChI=1S/C19H18N4O/c1-19(2,3)16-10-9-14(12-20)11-17(16)23-18(22-13-21)24-15-7-5-4-6-8-15/h4-11H,1-3H3,(H,22,23). The summed E-state index contributed by atoms with van der Waals surface area (Å²) >= 11 is 0. The number of amidine groups is 1. The van der Waals surface area contributed by atoms with Crippen LogP contribution in [0.2, 0.25) is 0 Å². The maximum atomic E-state index is 9.14. The highest BCUT2D eigenvalue weighted by molar-refractivity contribution is 5.92. The van der Waals surface area contributed by atoms with E-state index in [0.717, 1.165) is 5.56 Å². The molecule has 0 radical (unpaired) electrons. The quantitative estimate of drug-likeness (QED) is 0.511. The molecule has 2 aromatic carbocycles. The summed E-state index contributed by atoms with van der Waals surface area (Å²) in [6.45, 7) is 6.20. The number of benzene rings is 2. The van der Waals surface area contributed by atoms with Gasteiger partial charge in [-0.25, -0.2) is 0 Å². The summed E-state index contributed by atoms with van der Waals surface area (Å²) in [5.74, 6) is 0.563. The van der Waals surface area contributed by atoms with E-state index in [1.54, 1.807) is 30.5 Å². The van der Waals surface area contributed by atoms with Crippen molar-refractivity contribution in [1.82, 2.24) is 0 Å². The largest absolute Gasteiger partial charge is 0.425 e. The molecule has 5 nitrogen and oxygen atoms in total. The van der Waals surface area contributed by atoms with Gasteiger partial charge in [0.05, 0.1) is 11.6 Å². The van der Waals surface area contributed by atoms with Crippen molar-refractivity contribution >= 4 is 11.7 Å². The van der Waals surface area contributed by atoms with E-state index < -0.39 is 0 Å². The molecule has 5 heteroatoms. The predicted octanol–water partition coefficient (Wildman–Crippen LogP) is 4.18. The Balaban J connectivity index is 2.38. The fraction of sp³-hybridized carbons (Fsp3) is 0.211. The van der Waals surface area contributed by atoms with Crippen molar-refractivity contribution in [2.75, 3.05) is 5.32 Å². The zero-order valence-corrected chi connectivity index (χ0v) is 13.9. The van der Waals surface area contributed by atoms with Gasteiger partial charge >= 0.3 is 6.02 Å². The van der Waals surface area contributed by atoms with E-state index in [1.165, 1.54) is 0 Å². The van der Waals surface area contributed by atoms with Crippen molar-refractivity contribution < 1.29 is 4.74 Å². The molecule has 0 heterocycles. The van der Waals surface area contributed by atoms with Crippen molar-refractivity contribution in [2.45, 2.75) is 26.2 Å². The summed E-state index contributed by atoms with van der Waals surface area (Å²) in [6, 6.07) is 16.6. The highest BCUT2D eigenvalue weighted by Crippen LogP contribution is 2.30. The Morgan fingerprint density at radius 2 is 1.79 bits per heavy atom. The van der Waals surface area contributed by atoms with Crippen LogP contribution in [0.15, 0.2) is 53.5 Å². The minimum Gasteiger partial charge on any atom is -0.425 e. The van der Waals surface area contributed by atoms with Crippen LogP contribution in [0.1, 0.15) is 31.9 Å². The fourth-order valence-corrected chi connectivity index (χ4v) is 2.21. The topological polar surface area (TPSA) is 81.2 Å². The first kappa shape index (κ1) is 17.1. The number of rotatable bonds is 2. The molecule has 0 amide bonds. The van der Waals surface area contributed by atoms with E-state index in [9.17, 15) is 0 Å². The Morgan fingerprint density at radius 3 is 2.38 bits per heavy atom. The van der Waals surface area contributed by atoms with Gasteiger partial charge in [-0.1, -0.05) is 45.0 Å². The lowest BCUT2D eigenvalue weighted by Crippen LogP contribution is -2.23. The Labute approximate surface area is 141 Å². The van der Waals surface area contributed by atoms with Gasteiger partial charge in [-0.2, -0.15) is 10.5 Å². The number of ether oxygens (including phenoxy) is 1. The molecular weight excluding hydrogens is 300 g/mol. The monoisotopic (exact) mass is 318 g/mol. The van der Waals surface area contributed by atoms with Crippen LogP contribution in [0.5, 0.6) is 5.75 Å². The van der Waals surface area contributed by atoms with Crippen molar-refractivity contribution in [3.05, 3.63) is 59.7 Å². The predicted molar refractivity (Wildman–Crippen MR) is 93.6 cm³/mol. The van der Waals surface area contributed by atoms with Crippen LogP contribution in [0, 0.1) is 22.8 Å². The van der Waals surface area contributed by atoms with E-state index in [4.69, 9.17) is 15.3 Å². The van der Waals surface area contributed by atoms with Crippen LogP contribution in [0.4, 0.5) is 5.69 Å². The minimum atomic E-state index is -0.152. The summed E-state index contributed by atoms with van der Waals surface area (Å²) < 4.78 is 5.63. The molecule has 0 atom stereocenters. The first-order valence-electron chi connectivity index (χ1n) is 7.45. The van der Waals surface area contributed by atoms with E-state index in [1.807, 2.05) is 24.3 Å². The second kappa shape index (κ2) is 7.30. The normalized spacial score (nSPS) is 11.3. The second-order valence-corrected chi connectivity index (χ2v) is 6.18. The lowest BCUT2D eigenvalue weighted by atomic mass is 9.85. The molecule has 0 bridgehead atoms. The molecule has 0 saturated heterocycles. The molecule has 2 rings (SSSR count). The molecule has 24 heavy (non-hydrogen) atoms. The minimum absolute atomic E-state index is 0.0595. The number of para-hydroxylation sites is 1. The van der Waals surface area contributed by atoms with Gasteiger partial charge in [-0.3, -0.25) is 0 Å². The van der Waals surface area contributed by atoms with Crippen LogP contribution in [-0.2, 0) is 5.41 Å². The molecule has 0 saturated carbocycles. The third-order valence-electron chi connectivity index (χ3n) is 3.31. The van der Waals surface area contributed by atoms with E-state index in [2.05, 4.69) is 37.1 Å². The average molecular weight is 318 g/mol. The zero-order chi connectivity index (χ0) is 17.6. The van der Waals surface area contributed by atoms with Gasteiger partial charge in [-0.15, -0.1) is 4.99 Å². The van der Waals surface area contributed by atoms with Crippen molar-refractivity contribution in [1.29, 1.82) is 10.5 Å². The lowest BCUT2D eigenvalue weighted by molar-refractivity contribution is 0.548. The molecule has 0 aliphatic rings. The Kier molecular flexibility index (Phi) is 5.19. The number of nitriles is 2. The number of hydrogen-bond donors (Lipinski definition) is 1. The van der Waals surface area contributed by atoms with Crippen LogP contribution in [0.25, 0.3) is 0 Å². The fourth-order valence-electron chi connectivity index (χ4n) is 2.21. The van der Waals surface area contributed by atoms with Gasteiger partial charge in [0.25, 0.3) is 0 Å². The van der Waals surface area contributed by atoms with E-state index in [0.29, 0.717) is 17.0 Å². The first-order chi connectivity index (χ1) is 11.4. The number of nitrogens with zero attached hydrogens (tertiary/aromatic N) is 3. The van der Waals surface area contributed by atoms with E-state index >= 15 is 0 Å². The summed E-state index contributed by atoms with van der Waals surface area (Å²) in [7, 11) is 0. The molecule has 120 valence electrons. The Hall–Kier alpha value is -3.31. The van der Waals surface area contributed by atoms with Crippen molar-refractivity contribution in [3.63, 3.8) is 0 Å². The van der Waals surface area contributed by atoms with Crippen molar-refractivity contribution in [2.24, 2.45) is 4.99 Å². The summed E-state index contributed by atoms with van der Waals surface area (Å²) in [5, 5.41) is 21.1. The van der Waals surface area contributed by atoms with Gasteiger partial charge in [0, 0.05) is 5.69 Å². The summed E-state index contributed by atoms with van der Waals surface area (Å²) in [6.07, 6.45) is 1.73. The molecular formula is C19H18N4O. The molecule has 0 aliphatic heterocycles. The van der Waals surface area contributed by atoms with Gasteiger partial charge in [0.1, 0.15) is 5.75 Å². The smallest absolute Gasteiger partial charge is 0.310 e. The number of aliphatic imine (C=N–C) groups is 1. The summed E-state index contributed by atoms with van der Waals surface area (Å²) in [5.41, 5.74) is 2.04. The van der Waals surface area contributed by atoms with Gasteiger partial charge in [-0.05, 0) is 35.2 Å². The van der Waals surface area contributed by atoms with Gasteiger partial charge < -0.3 is 10.1 Å². The lowest BCUT2D eigenvalue weighted by Gasteiger charge is -2.23. The Morgan fingerprint density at radius 1 is 1.08 bits per heavy atom.